The summed E-state index contributed by atoms with van der Waals surface area (Å²) < 4.78 is 2.61. The maximum absolute atomic E-state index is 5.22. The van der Waals surface area contributed by atoms with Crippen molar-refractivity contribution in [2.24, 2.45) is 5.92 Å². The van der Waals surface area contributed by atoms with E-state index in [4.69, 9.17) is 9.97 Å². The molecule has 3 aromatic heterocycles. The zero-order chi connectivity index (χ0) is 18.2. The molecule has 0 aromatic carbocycles. The third-order valence-electron chi connectivity index (χ3n) is 6.70. The van der Waals surface area contributed by atoms with Crippen LogP contribution in [0.5, 0.6) is 0 Å². The van der Waals surface area contributed by atoms with E-state index in [0.29, 0.717) is 5.92 Å². The molecular weight excluding hydrogens is 352 g/mol. The molecule has 4 heterocycles. The van der Waals surface area contributed by atoms with Crippen molar-refractivity contribution in [1.82, 2.24) is 19.9 Å². The number of hydrogen-bond acceptors (Lipinski definition) is 4. The SMILES string of the molecule is Cc1nc2sccc2c2c1nc(C1CCCCC1)n2CCC1CCNCC1. The molecule has 1 aliphatic heterocycles. The molecule has 144 valence electrons. The van der Waals surface area contributed by atoms with Gasteiger partial charge in [-0.15, -0.1) is 11.3 Å². The molecule has 0 bridgehead atoms. The topological polar surface area (TPSA) is 42.7 Å². The Morgan fingerprint density at radius 2 is 1.93 bits per heavy atom. The Balaban J connectivity index is 1.59. The first-order chi connectivity index (χ1) is 13.3. The Bertz CT molecular complexity index is 929. The highest BCUT2D eigenvalue weighted by molar-refractivity contribution is 7.16. The van der Waals surface area contributed by atoms with Gasteiger partial charge >= 0.3 is 0 Å². The zero-order valence-corrected chi connectivity index (χ0v) is 17.2. The molecule has 0 amide bonds. The maximum atomic E-state index is 5.22. The minimum atomic E-state index is 0.632. The molecular formula is C22H30N4S. The van der Waals surface area contributed by atoms with Crippen LogP contribution in [0.4, 0.5) is 0 Å². The highest BCUT2D eigenvalue weighted by atomic mass is 32.1. The van der Waals surface area contributed by atoms with Crippen molar-refractivity contribution in [2.75, 3.05) is 13.1 Å². The standard InChI is InChI=1S/C22H30N4S/c1-15-19-20(18-10-14-27-22(18)24-15)26(13-9-16-7-11-23-12-8-16)21(25-19)17-5-3-2-4-6-17/h10,14,16-17,23H,2-9,11-13H2,1H3. The first-order valence-corrected chi connectivity index (χ1v) is 11.6. The summed E-state index contributed by atoms with van der Waals surface area (Å²) in [7, 11) is 0. The van der Waals surface area contributed by atoms with Crippen LogP contribution >= 0.6 is 11.3 Å². The van der Waals surface area contributed by atoms with E-state index in [-0.39, 0.29) is 0 Å². The number of aryl methyl sites for hydroxylation is 2. The van der Waals surface area contributed by atoms with E-state index in [0.717, 1.165) is 23.7 Å². The lowest BCUT2D eigenvalue weighted by Crippen LogP contribution is -2.28. The molecule has 0 atom stereocenters. The minimum absolute atomic E-state index is 0.632. The van der Waals surface area contributed by atoms with E-state index < -0.39 is 0 Å². The quantitative estimate of drug-likeness (QED) is 0.658. The van der Waals surface area contributed by atoms with Gasteiger partial charge in [-0.1, -0.05) is 19.3 Å². The number of piperidine rings is 1. The van der Waals surface area contributed by atoms with Gasteiger partial charge in [0.2, 0.25) is 0 Å². The van der Waals surface area contributed by atoms with Gasteiger partial charge in [-0.2, -0.15) is 0 Å². The Morgan fingerprint density at radius 1 is 1.11 bits per heavy atom. The minimum Gasteiger partial charge on any atom is -0.327 e. The summed E-state index contributed by atoms with van der Waals surface area (Å²) in [5.41, 5.74) is 3.60. The number of fused-ring (bicyclic) bond motifs is 3. The molecule has 1 N–H and O–H groups in total. The highest BCUT2D eigenvalue weighted by Crippen LogP contribution is 2.37. The van der Waals surface area contributed by atoms with Crippen molar-refractivity contribution in [1.29, 1.82) is 0 Å². The predicted octanol–water partition coefficient (Wildman–Crippen LogP) is 5.39. The Kier molecular flexibility index (Phi) is 4.91. The van der Waals surface area contributed by atoms with Gasteiger partial charge in [-0.3, -0.25) is 0 Å². The fraction of sp³-hybridized carbons (Fsp3) is 0.636. The molecule has 1 saturated heterocycles. The van der Waals surface area contributed by atoms with Gasteiger partial charge in [0.1, 0.15) is 16.2 Å². The molecule has 5 heteroatoms. The molecule has 2 aliphatic rings. The van der Waals surface area contributed by atoms with Gasteiger partial charge in [-0.05, 0) is 69.5 Å². The monoisotopic (exact) mass is 382 g/mol. The van der Waals surface area contributed by atoms with Gasteiger partial charge in [0.25, 0.3) is 0 Å². The van der Waals surface area contributed by atoms with E-state index >= 15 is 0 Å². The molecule has 5 rings (SSSR count). The van der Waals surface area contributed by atoms with E-state index in [1.165, 1.54) is 86.0 Å². The molecule has 0 radical (unpaired) electrons. The van der Waals surface area contributed by atoms with E-state index in [1.807, 2.05) is 0 Å². The summed E-state index contributed by atoms with van der Waals surface area (Å²) in [4.78, 5) is 11.2. The molecule has 1 saturated carbocycles. The Hall–Kier alpha value is -1.46. The van der Waals surface area contributed by atoms with Crippen molar-refractivity contribution in [3.63, 3.8) is 0 Å². The molecule has 2 fully saturated rings. The van der Waals surface area contributed by atoms with Gasteiger partial charge in [0, 0.05) is 17.8 Å². The van der Waals surface area contributed by atoms with Crippen molar-refractivity contribution < 1.29 is 0 Å². The lowest BCUT2D eigenvalue weighted by atomic mass is 9.88. The number of hydrogen-bond donors (Lipinski definition) is 1. The number of aromatic nitrogens is 3. The summed E-state index contributed by atoms with van der Waals surface area (Å²) >= 11 is 1.76. The fourth-order valence-electron chi connectivity index (χ4n) is 5.15. The van der Waals surface area contributed by atoms with Crippen LogP contribution in [0.25, 0.3) is 21.3 Å². The third-order valence-corrected chi connectivity index (χ3v) is 7.51. The molecule has 4 nitrogen and oxygen atoms in total. The van der Waals surface area contributed by atoms with E-state index in [9.17, 15) is 0 Å². The summed E-state index contributed by atoms with van der Waals surface area (Å²) in [6, 6.07) is 2.25. The largest absolute Gasteiger partial charge is 0.327 e. The summed E-state index contributed by atoms with van der Waals surface area (Å²) in [5, 5.41) is 6.99. The maximum Gasteiger partial charge on any atom is 0.125 e. The lowest BCUT2D eigenvalue weighted by molar-refractivity contribution is 0.333. The van der Waals surface area contributed by atoms with Crippen LogP contribution in [0.1, 0.15) is 68.8 Å². The van der Waals surface area contributed by atoms with Crippen LogP contribution in [0, 0.1) is 12.8 Å². The number of nitrogens with one attached hydrogen (secondary N) is 1. The first-order valence-electron chi connectivity index (χ1n) is 10.8. The first kappa shape index (κ1) is 17.6. The second-order valence-electron chi connectivity index (χ2n) is 8.47. The van der Waals surface area contributed by atoms with Crippen LogP contribution in [0.2, 0.25) is 0 Å². The fourth-order valence-corrected chi connectivity index (χ4v) is 5.96. The molecule has 1 aliphatic carbocycles. The van der Waals surface area contributed by atoms with Crippen molar-refractivity contribution in [2.45, 2.75) is 70.8 Å². The van der Waals surface area contributed by atoms with Crippen molar-refractivity contribution in [3.8, 4) is 0 Å². The second-order valence-corrected chi connectivity index (χ2v) is 9.37. The molecule has 3 aromatic rings. The van der Waals surface area contributed by atoms with Gasteiger partial charge in [-0.25, -0.2) is 9.97 Å². The summed E-state index contributed by atoms with van der Waals surface area (Å²) in [5.74, 6) is 2.83. The van der Waals surface area contributed by atoms with Gasteiger partial charge in [0.15, 0.2) is 0 Å². The zero-order valence-electron chi connectivity index (χ0n) is 16.3. The van der Waals surface area contributed by atoms with Crippen LogP contribution in [-0.2, 0) is 6.54 Å². The van der Waals surface area contributed by atoms with Gasteiger partial charge in [0.05, 0.1) is 11.2 Å². The number of imidazole rings is 1. The van der Waals surface area contributed by atoms with Crippen molar-refractivity contribution >= 4 is 32.6 Å². The van der Waals surface area contributed by atoms with Crippen LogP contribution < -0.4 is 5.32 Å². The second kappa shape index (κ2) is 7.51. The number of thiophene rings is 1. The average molecular weight is 383 g/mol. The Labute approximate surface area is 165 Å². The average Bonchev–Trinajstić information content (AvgIpc) is 3.32. The van der Waals surface area contributed by atoms with Gasteiger partial charge < -0.3 is 9.88 Å². The van der Waals surface area contributed by atoms with Crippen LogP contribution in [0.15, 0.2) is 11.4 Å². The molecule has 0 unspecified atom stereocenters. The normalized spacial score (nSPS) is 20.0. The van der Waals surface area contributed by atoms with E-state index in [2.05, 4.69) is 28.3 Å². The number of rotatable bonds is 4. The number of nitrogens with zero attached hydrogens (tertiary/aromatic N) is 3. The highest BCUT2D eigenvalue weighted by Gasteiger charge is 2.25. The predicted molar refractivity (Wildman–Crippen MR) is 114 cm³/mol. The van der Waals surface area contributed by atoms with Crippen LogP contribution in [0.3, 0.4) is 0 Å². The summed E-state index contributed by atoms with van der Waals surface area (Å²) in [6.07, 6.45) is 10.6. The lowest BCUT2D eigenvalue weighted by Gasteiger charge is -2.25. The number of pyridine rings is 1. The third kappa shape index (κ3) is 3.29. The van der Waals surface area contributed by atoms with E-state index in [1.54, 1.807) is 11.3 Å². The van der Waals surface area contributed by atoms with Crippen LogP contribution in [-0.4, -0.2) is 27.6 Å². The molecule has 27 heavy (non-hydrogen) atoms. The van der Waals surface area contributed by atoms with Crippen molar-refractivity contribution in [3.05, 3.63) is 23.0 Å². The summed E-state index contributed by atoms with van der Waals surface area (Å²) in [6.45, 7) is 5.61. The Morgan fingerprint density at radius 3 is 2.74 bits per heavy atom. The smallest absolute Gasteiger partial charge is 0.125 e. The molecule has 0 spiro atoms.